The standard InChI is InChI=1S/C29H28F4N4O3S/c1-40-20-6-3-5-19(16-20)35-11-13-36(14-12-35)28-34-27-21(7-4-8-22(27)30)23(17-26(38)39)37(28)24-15-18(29(31,32)33)9-10-25(24)41-2/h3-10,15-16,23H,11-14,17H2,1-2H3,(H,38,39). The molecule has 2 aliphatic heterocycles. The summed E-state index contributed by atoms with van der Waals surface area (Å²) in [6.07, 6.45) is -3.35. The van der Waals surface area contributed by atoms with Crippen molar-refractivity contribution in [3.8, 4) is 5.75 Å². The van der Waals surface area contributed by atoms with Crippen molar-refractivity contribution in [1.82, 2.24) is 4.90 Å². The minimum absolute atomic E-state index is 0.00194. The van der Waals surface area contributed by atoms with E-state index in [1.807, 2.05) is 29.2 Å². The lowest BCUT2D eigenvalue weighted by Gasteiger charge is -2.45. The van der Waals surface area contributed by atoms with E-state index in [0.717, 1.165) is 17.8 Å². The Morgan fingerprint density at radius 3 is 2.41 bits per heavy atom. The number of thioether (sulfide) groups is 1. The summed E-state index contributed by atoms with van der Waals surface area (Å²) in [6, 6.07) is 14.3. The maximum atomic E-state index is 15.1. The molecular weight excluding hydrogens is 560 g/mol. The molecule has 3 aromatic carbocycles. The van der Waals surface area contributed by atoms with Crippen molar-refractivity contribution in [2.75, 3.05) is 49.3 Å². The number of aliphatic imine (C=N–C) groups is 1. The maximum Gasteiger partial charge on any atom is 0.416 e. The number of carboxylic acids is 1. The van der Waals surface area contributed by atoms with Crippen LogP contribution >= 0.6 is 11.8 Å². The molecule has 1 unspecified atom stereocenters. The molecule has 0 spiro atoms. The summed E-state index contributed by atoms with van der Waals surface area (Å²) in [7, 11) is 1.59. The Hall–Kier alpha value is -3.93. The number of guanidine groups is 1. The highest BCUT2D eigenvalue weighted by atomic mass is 32.2. The van der Waals surface area contributed by atoms with Crippen molar-refractivity contribution in [2.45, 2.75) is 23.5 Å². The molecule has 0 radical (unpaired) electrons. The van der Waals surface area contributed by atoms with Crippen LogP contribution in [0.15, 0.2) is 70.6 Å². The van der Waals surface area contributed by atoms with Crippen LogP contribution in [0, 0.1) is 5.82 Å². The van der Waals surface area contributed by atoms with E-state index in [0.29, 0.717) is 42.4 Å². The van der Waals surface area contributed by atoms with E-state index in [9.17, 15) is 23.1 Å². The second-order valence-corrected chi connectivity index (χ2v) is 10.5. The van der Waals surface area contributed by atoms with Gasteiger partial charge in [0.25, 0.3) is 0 Å². The number of halogens is 4. The van der Waals surface area contributed by atoms with Gasteiger partial charge in [0.2, 0.25) is 5.96 Å². The highest BCUT2D eigenvalue weighted by Gasteiger charge is 2.40. The first-order valence-electron chi connectivity index (χ1n) is 12.9. The Balaban J connectivity index is 1.60. The number of benzene rings is 3. The Bertz CT molecular complexity index is 1470. The van der Waals surface area contributed by atoms with Gasteiger partial charge in [-0.3, -0.25) is 4.79 Å². The molecule has 0 saturated carbocycles. The van der Waals surface area contributed by atoms with Crippen LogP contribution in [-0.4, -0.2) is 61.5 Å². The number of nitrogens with zero attached hydrogens (tertiary/aromatic N) is 4. The Labute approximate surface area is 239 Å². The monoisotopic (exact) mass is 588 g/mol. The number of anilines is 2. The van der Waals surface area contributed by atoms with Crippen molar-refractivity contribution < 1.29 is 32.2 Å². The van der Waals surface area contributed by atoms with Crippen LogP contribution in [0.3, 0.4) is 0 Å². The molecule has 1 fully saturated rings. The third-order valence-electron chi connectivity index (χ3n) is 7.23. The van der Waals surface area contributed by atoms with E-state index >= 15 is 4.39 Å². The van der Waals surface area contributed by atoms with Gasteiger partial charge in [-0.25, -0.2) is 9.38 Å². The van der Waals surface area contributed by atoms with Gasteiger partial charge in [0.05, 0.1) is 30.8 Å². The summed E-state index contributed by atoms with van der Waals surface area (Å²) in [6.45, 7) is 1.94. The summed E-state index contributed by atoms with van der Waals surface area (Å²) in [5.41, 5.74) is 0.553. The van der Waals surface area contributed by atoms with Crippen LogP contribution in [-0.2, 0) is 11.0 Å². The predicted molar refractivity (Wildman–Crippen MR) is 151 cm³/mol. The third kappa shape index (κ3) is 5.79. The number of carbonyl (C=O) groups is 1. The average Bonchev–Trinajstić information content (AvgIpc) is 2.96. The first-order chi connectivity index (χ1) is 19.6. The fourth-order valence-corrected chi connectivity index (χ4v) is 5.81. The first-order valence-corrected chi connectivity index (χ1v) is 14.1. The molecule has 3 aromatic rings. The van der Waals surface area contributed by atoms with Crippen molar-refractivity contribution in [1.29, 1.82) is 0 Å². The van der Waals surface area contributed by atoms with E-state index in [2.05, 4.69) is 9.89 Å². The molecule has 216 valence electrons. The molecule has 41 heavy (non-hydrogen) atoms. The summed E-state index contributed by atoms with van der Waals surface area (Å²) in [5.74, 6) is -0.865. The molecule has 5 rings (SSSR count). The number of aliphatic carboxylic acids is 1. The fraction of sp³-hybridized carbons (Fsp3) is 0.310. The molecule has 0 aromatic heterocycles. The van der Waals surface area contributed by atoms with E-state index in [1.165, 1.54) is 34.9 Å². The van der Waals surface area contributed by atoms with Crippen LogP contribution in [0.5, 0.6) is 5.75 Å². The van der Waals surface area contributed by atoms with Crippen LogP contribution < -0.4 is 14.5 Å². The minimum Gasteiger partial charge on any atom is -0.497 e. The van der Waals surface area contributed by atoms with E-state index in [1.54, 1.807) is 19.4 Å². The molecule has 2 heterocycles. The molecule has 7 nitrogen and oxygen atoms in total. The Morgan fingerprint density at radius 1 is 1.05 bits per heavy atom. The number of methoxy groups -OCH3 is 1. The zero-order valence-corrected chi connectivity index (χ0v) is 23.2. The largest absolute Gasteiger partial charge is 0.497 e. The molecule has 1 atom stereocenters. The fourth-order valence-electron chi connectivity index (χ4n) is 5.24. The van der Waals surface area contributed by atoms with Gasteiger partial charge in [0.1, 0.15) is 17.3 Å². The van der Waals surface area contributed by atoms with Gasteiger partial charge in [-0.05, 0) is 42.7 Å². The highest BCUT2D eigenvalue weighted by molar-refractivity contribution is 7.98. The number of hydrogen-bond acceptors (Lipinski definition) is 7. The van der Waals surface area contributed by atoms with E-state index < -0.39 is 36.0 Å². The second-order valence-electron chi connectivity index (χ2n) is 9.63. The van der Waals surface area contributed by atoms with Gasteiger partial charge in [-0.1, -0.05) is 18.2 Å². The van der Waals surface area contributed by atoms with Gasteiger partial charge in [0.15, 0.2) is 0 Å². The molecule has 1 N–H and O–H groups in total. The van der Waals surface area contributed by atoms with Crippen molar-refractivity contribution in [3.63, 3.8) is 0 Å². The van der Waals surface area contributed by atoms with Gasteiger partial charge >= 0.3 is 12.1 Å². The van der Waals surface area contributed by atoms with E-state index in [-0.39, 0.29) is 17.3 Å². The van der Waals surface area contributed by atoms with Gasteiger partial charge in [0, 0.05) is 48.4 Å². The van der Waals surface area contributed by atoms with Crippen LogP contribution in [0.2, 0.25) is 0 Å². The number of alkyl halides is 3. The molecule has 0 amide bonds. The van der Waals surface area contributed by atoms with Gasteiger partial charge in [-0.15, -0.1) is 11.8 Å². The summed E-state index contributed by atoms with van der Waals surface area (Å²) < 4.78 is 62.0. The quantitative estimate of drug-likeness (QED) is 0.263. The summed E-state index contributed by atoms with van der Waals surface area (Å²) >= 11 is 1.24. The Kier molecular flexibility index (Phi) is 8.03. The lowest BCUT2D eigenvalue weighted by molar-refractivity contribution is -0.138. The minimum atomic E-state index is -4.62. The Morgan fingerprint density at radius 2 is 1.76 bits per heavy atom. The third-order valence-corrected chi connectivity index (χ3v) is 8.02. The van der Waals surface area contributed by atoms with E-state index in [4.69, 9.17) is 4.74 Å². The number of carboxylic acid groups (broad SMARTS) is 1. The molecular formula is C29H28F4N4O3S. The molecule has 0 aliphatic carbocycles. The number of piperazine rings is 1. The molecule has 1 saturated heterocycles. The topological polar surface area (TPSA) is 68.6 Å². The summed E-state index contributed by atoms with van der Waals surface area (Å²) in [5, 5.41) is 9.86. The molecule has 0 bridgehead atoms. The average molecular weight is 589 g/mol. The first kappa shape index (κ1) is 28.6. The lowest BCUT2D eigenvalue weighted by atomic mass is 9.97. The number of rotatable bonds is 6. The van der Waals surface area contributed by atoms with Crippen molar-refractivity contribution in [2.24, 2.45) is 4.99 Å². The molecule has 2 aliphatic rings. The lowest BCUT2D eigenvalue weighted by Crippen LogP contribution is -2.55. The van der Waals surface area contributed by atoms with Crippen LogP contribution in [0.1, 0.15) is 23.6 Å². The van der Waals surface area contributed by atoms with Crippen molar-refractivity contribution in [3.05, 3.63) is 77.6 Å². The van der Waals surface area contributed by atoms with Crippen LogP contribution in [0.25, 0.3) is 0 Å². The number of hydrogen-bond donors (Lipinski definition) is 1. The predicted octanol–water partition coefficient (Wildman–Crippen LogP) is 6.42. The van der Waals surface area contributed by atoms with Crippen LogP contribution in [0.4, 0.5) is 34.6 Å². The zero-order valence-electron chi connectivity index (χ0n) is 22.4. The highest BCUT2D eigenvalue weighted by Crippen LogP contribution is 2.45. The molecule has 12 heteroatoms. The number of ether oxygens (including phenoxy) is 1. The zero-order chi connectivity index (χ0) is 29.3. The number of para-hydroxylation sites is 1. The van der Waals surface area contributed by atoms with Gasteiger partial charge in [-0.2, -0.15) is 13.2 Å². The second kappa shape index (κ2) is 11.5. The summed E-state index contributed by atoms with van der Waals surface area (Å²) in [4.78, 5) is 22.8. The van der Waals surface area contributed by atoms with Gasteiger partial charge < -0.3 is 24.5 Å². The van der Waals surface area contributed by atoms with Crippen molar-refractivity contribution >= 4 is 40.8 Å². The maximum absolute atomic E-state index is 15.1. The normalized spacial score (nSPS) is 17.3. The SMILES string of the molecule is COc1cccc(N2CCN(C3=Nc4c(F)cccc4C(CC(=O)O)N3c3cc(C(F)(F)F)ccc3SC)CC2)c1. The number of fused-ring (bicyclic) bond motifs is 1. The smallest absolute Gasteiger partial charge is 0.416 e.